The van der Waals surface area contributed by atoms with Crippen LogP contribution in [0.5, 0.6) is 11.5 Å². The fourth-order valence-electron chi connectivity index (χ4n) is 2.05. The molecule has 1 heterocycles. The van der Waals surface area contributed by atoms with Gasteiger partial charge in [-0.1, -0.05) is 36.4 Å². The van der Waals surface area contributed by atoms with E-state index in [9.17, 15) is 5.11 Å². The maximum atomic E-state index is 9.66. The van der Waals surface area contributed by atoms with Crippen LogP contribution in [-0.4, -0.2) is 20.6 Å². The molecule has 2 aromatic carbocycles. The predicted octanol–water partition coefficient (Wildman–Crippen LogP) is 3.30. The second kappa shape index (κ2) is 5.07. The van der Waals surface area contributed by atoms with E-state index in [-0.39, 0.29) is 11.5 Å². The molecule has 3 rings (SSSR count). The van der Waals surface area contributed by atoms with E-state index in [1.54, 1.807) is 12.1 Å². The van der Waals surface area contributed by atoms with Gasteiger partial charge in [0.05, 0.1) is 11.4 Å². The first-order chi connectivity index (χ1) is 9.79. The van der Waals surface area contributed by atoms with Gasteiger partial charge in [0.2, 0.25) is 5.75 Å². The van der Waals surface area contributed by atoms with E-state index in [1.165, 1.54) is 6.07 Å². The lowest BCUT2D eigenvalue weighted by Crippen LogP contribution is -1.89. The highest BCUT2D eigenvalue weighted by molar-refractivity contribution is 5.74. The minimum atomic E-state index is -0.138. The van der Waals surface area contributed by atoms with Gasteiger partial charge in [0, 0.05) is 11.1 Å². The smallest absolute Gasteiger partial charge is 0.215 e. The summed E-state index contributed by atoms with van der Waals surface area (Å²) in [6.07, 6.45) is 0. The molecule has 3 N–H and O–H groups in total. The molecule has 0 atom stereocenters. The van der Waals surface area contributed by atoms with Crippen LogP contribution in [0.1, 0.15) is 0 Å². The summed E-state index contributed by atoms with van der Waals surface area (Å²) in [7, 11) is 0. The molecule has 5 nitrogen and oxygen atoms in total. The van der Waals surface area contributed by atoms with E-state index < -0.39 is 0 Å². The fraction of sp³-hybridized carbons (Fsp3) is 0. The largest absolute Gasteiger partial charge is 0.504 e. The molecule has 0 amide bonds. The summed E-state index contributed by atoms with van der Waals surface area (Å²) in [6.45, 7) is 0. The molecule has 1 aromatic heterocycles. The number of phenols is 1. The van der Waals surface area contributed by atoms with E-state index in [2.05, 4.69) is 15.1 Å². The van der Waals surface area contributed by atoms with Crippen LogP contribution < -0.4 is 4.89 Å². The van der Waals surface area contributed by atoms with Crippen LogP contribution in [0.15, 0.2) is 54.6 Å². The summed E-state index contributed by atoms with van der Waals surface area (Å²) in [5, 5.41) is 25.6. The maximum absolute atomic E-state index is 9.66. The Labute approximate surface area is 115 Å². The summed E-state index contributed by atoms with van der Waals surface area (Å²) in [4.78, 5) is 4.25. The molecule has 3 aromatic rings. The fourth-order valence-corrected chi connectivity index (χ4v) is 2.05. The summed E-state index contributed by atoms with van der Waals surface area (Å²) >= 11 is 0. The van der Waals surface area contributed by atoms with E-state index in [0.29, 0.717) is 11.3 Å². The number of phenolic OH excluding ortho intramolecular Hbond substituents is 1. The van der Waals surface area contributed by atoms with Crippen LogP contribution in [0.3, 0.4) is 0 Å². The van der Waals surface area contributed by atoms with E-state index in [0.717, 1.165) is 11.3 Å². The van der Waals surface area contributed by atoms with Crippen molar-refractivity contribution < 1.29 is 15.3 Å². The number of hydrogen-bond acceptors (Lipinski definition) is 4. The highest BCUT2D eigenvalue weighted by Crippen LogP contribution is 2.37. The molecule has 0 spiro atoms. The van der Waals surface area contributed by atoms with Crippen LogP contribution in [0.25, 0.3) is 22.5 Å². The number of nitrogens with zero attached hydrogens (tertiary/aromatic N) is 1. The lowest BCUT2D eigenvalue weighted by atomic mass is 10.1. The third kappa shape index (κ3) is 2.10. The second-order valence-electron chi connectivity index (χ2n) is 4.28. The van der Waals surface area contributed by atoms with Gasteiger partial charge in [0.25, 0.3) is 0 Å². The Bertz CT molecular complexity index is 723. The first-order valence-corrected chi connectivity index (χ1v) is 6.04. The topological polar surface area (TPSA) is 78.4 Å². The van der Waals surface area contributed by atoms with Gasteiger partial charge >= 0.3 is 0 Å². The molecule has 0 aliphatic carbocycles. The zero-order chi connectivity index (χ0) is 13.9. The number of para-hydroxylation sites is 1. The van der Waals surface area contributed by atoms with Crippen molar-refractivity contribution >= 4 is 0 Å². The normalized spacial score (nSPS) is 10.4. The van der Waals surface area contributed by atoms with Gasteiger partial charge in [-0.15, -0.1) is 0 Å². The molecule has 20 heavy (non-hydrogen) atoms. The first kappa shape index (κ1) is 12.3. The lowest BCUT2D eigenvalue weighted by Gasteiger charge is -2.05. The van der Waals surface area contributed by atoms with Gasteiger partial charge < -0.3 is 9.99 Å². The molecule has 5 heteroatoms. The molecule has 0 aliphatic heterocycles. The highest BCUT2D eigenvalue weighted by atomic mass is 17.1. The summed E-state index contributed by atoms with van der Waals surface area (Å²) in [6, 6.07) is 16.3. The maximum Gasteiger partial charge on any atom is 0.215 e. The van der Waals surface area contributed by atoms with Gasteiger partial charge in [-0.25, -0.2) is 5.26 Å². The summed E-state index contributed by atoms with van der Waals surface area (Å²) in [5.74, 6) is -0.142. The Kier molecular flexibility index (Phi) is 3.10. The molecule has 0 aliphatic rings. The van der Waals surface area contributed by atoms with Gasteiger partial charge in [-0.3, -0.25) is 5.10 Å². The lowest BCUT2D eigenvalue weighted by molar-refractivity contribution is -0.138. The van der Waals surface area contributed by atoms with Crippen molar-refractivity contribution in [2.75, 3.05) is 0 Å². The molecule has 0 bridgehead atoms. The van der Waals surface area contributed by atoms with Gasteiger partial charge in [-0.05, 0) is 18.2 Å². The Morgan fingerprint density at radius 1 is 1.00 bits per heavy atom. The molecule has 0 unspecified atom stereocenters. The van der Waals surface area contributed by atoms with Gasteiger partial charge in [0.15, 0.2) is 5.75 Å². The molecule has 0 radical (unpaired) electrons. The van der Waals surface area contributed by atoms with E-state index in [1.807, 2.05) is 36.4 Å². The second-order valence-corrected chi connectivity index (χ2v) is 4.28. The summed E-state index contributed by atoms with van der Waals surface area (Å²) < 4.78 is 0. The van der Waals surface area contributed by atoms with Crippen LogP contribution in [0, 0.1) is 0 Å². The number of rotatable bonds is 3. The van der Waals surface area contributed by atoms with Crippen molar-refractivity contribution in [2.45, 2.75) is 0 Å². The van der Waals surface area contributed by atoms with Crippen LogP contribution >= 0.6 is 0 Å². The number of aromatic hydroxyl groups is 1. The molecule has 100 valence electrons. The standard InChI is InChI=1S/C15H12N2O3/c18-14-8-4-7-11(15(14)20-19)13-9-12(16-17-13)10-5-2-1-3-6-10/h1-9,18-19H,(H,16,17). The molecule has 0 saturated heterocycles. The monoisotopic (exact) mass is 268 g/mol. The summed E-state index contributed by atoms with van der Waals surface area (Å²) in [5.41, 5.74) is 2.92. The van der Waals surface area contributed by atoms with E-state index in [4.69, 9.17) is 5.26 Å². The quantitative estimate of drug-likeness (QED) is 0.503. The number of nitrogens with one attached hydrogen (secondary N) is 1. The minimum absolute atomic E-state index is 0.00392. The number of aromatic amines is 1. The zero-order valence-corrected chi connectivity index (χ0v) is 10.4. The average Bonchev–Trinajstić information content (AvgIpc) is 2.97. The van der Waals surface area contributed by atoms with E-state index >= 15 is 0 Å². The van der Waals surface area contributed by atoms with Gasteiger partial charge in [0.1, 0.15) is 0 Å². The third-order valence-corrected chi connectivity index (χ3v) is 3.02. The minimum Gasteiger partial charge on any atom is -0.504 e. The first-order valence-electron chi connectivity index (χ1n) is 6.04. The SMILES string of the molecule is OOc1c(O)cccc1-c1cc(-c2ccccc2)n[nH]1. The number of hydrogen-bond donors (Lipinski definition) is 3. The van der Waals surface area contributed by atoms with Crippen LogP contribution in [-0.2, 0) is 0 Å². The number of aromatic nitrogens is 2. The van der Waals surface area contributed by atoms with Crippen molar-refractivity contribution in [3.63, 3.8) is 0 Å². The molecular weight excluding hydrogens is 256 g/mol. The highest BCUT2D eigenvalue weighted by Gasteiger charge is 2.14. The number of H-pyrrole nitrogens is 1. The van der Waals surface area contributed by atoms with Crippen molar-refractivity contribution in [1.29, 1.82) is 0 Å². The van der Waals surface area contributed by atoms with Crippen LogP contribution in [0.4, 0.5) is 0 Å². The molecular formula is C15H12N2O3. The van der Waals surface area contributed by atoms with Crippen molar-refractivity contribution in [1.82, 2.24) is 10.2 Å². The Morgan fingerprint density at radius 2 is 1.80 bits per heavy atom. The molecule has 0 fully saturated rings. The average molecular weight is 268 g/mol. The molecule has 0 saturated carbocycles. The Balaban J connectivity index is 2.05. The Morgan fingerprint density at radius 3 is 2.55 bits per heavy atom. The predicted molar refractivity (Wildman–Crippen MR) is 74.4 cm³/mol. The third-order valence-electron chi connectivity index (χ3n) is 3.02. The van der Waals surface area contributed by atoms with Crippen molar-refractivity contribution in [3.8, 4) is 34.0 Å². The van der Waals surface area contributed by atoms with Crippen molar-refractivity contribution in [2.24, 2.45) is 0 Å². The Hall–Kier alpha value is -2.79. The van der Waals surface area contributed by atoms with Crippen molar-refractivity contribution in [3.05, 3.63) is 54.6 Å². The number of benzene rings is 2. The van der Waals surface area contributed by atoms with Gasteiger partial charge in [-0.2, -0.15) is 5.10 Å². The van der Waals surface area contributed by atoms with Crippen LogP contribution in [0.2, 0.25) is 0 Å². The zero-order valence-electron chi connectivity index (χ0n) is 10.4.